The van der Waals surface area contributed by atoms with Crippen LogP contribution >= 0.6 is 23.2 Å². The molecule has 0 heterocycles. The first kappa shape index (κ1) is 18.3. The standard InChI is InChI=1S/C18H18Cl2N2O2/c1-13(23)22(17-9-5-4-8-16(17)20)11-10-18(24)21-12-14-6-2-3-7-15(14)19/h2-9H,10-12H2,1H3,(H,21,24). The molecule has 2 aromatic rings. The van der Waals surface area contributed by atoms with Crippen LogP contribution in [0, 0.1) is 0 Å². The van der Waals surface area contributed by atoms with Crippen LogP contribution in [0.4, 0.5) is 5.69 Å². The highest BCUT2D eigenvalue weighted by atomic mass is 35.5. The summed E-state index contributed by atoms with van der Waals surface area (Å²) in [6.45, 7) is 2.06. The molecule has 0 saturated carbocycles. The molecule has 0 fully saturated rings. The molecule has 0 aliphatic rings. The Hall–Kier alpha value is -2.04. The molecule has 0 saturated heterocycles. The first-order valence-corrected chi connectivity index (χ1v) is 8.27. The minimum absolute atomic E-state index is 0.159. The molecule has 0 unspecified atom stereocenters. The quantitative estimate of drug-likeness (QED) is 0.840. The van der Waals surface area contributed by atoms with Gasteiger partial charge in [-0.3, -0.25) is 9.59 Å². The van der Waals surface area contributed by atoms with Gasteiger partial charge in [-0.05, 0) is 23.8 Å². The Morgan fingerprint density at radius 1 is 1.00 bits per heavy atom. The molecule has 2 amide bonds. The second kappa shape index (κ2) is 8.71. The minimum atomic E-state index is -0.165. The van der Waals surface area contributed by atoms with Crippen LogP contribution < -0.4 is 10.2 Å². The van der Waals surface area contributed by atoms with Crippen LogP contribution in [0.3, 0.4) is 0 Å². The van der Waals surface area contributed by atoms with Crippen LogP contribution in [0.5, 0.6) is 0 Å². The number of halogens is 2. The van der Waals surface area contributed by atoms with Crippen LogP contribution in [-0.4, -0.2) is 18.4 Å². The Labute approximate surface area is 151 Å². The van der Waals surface area contributed by atoms with Gasteiger partial charge in [-0.15, -0.1) is 0 Å². The van der Waals surface area contributed by atoms with Gasteiger partial charge in [-0.1, -0.05) is 53.5 Å². The highest BCUT2D eigenvalue weighted by molar-refractivity contribution is 6.33. The molecule has 6 heteroatoms. The molecule has 2 aromatic carbocycles. The normalized spacial score (nSPS) is 10.3. The van der Waals surface area contributed by atoms with E-state index in [-0.39, 0.29) is 24.8 Å². The molecule has 0 aliphatic carbocycles. The van der Waals surface area contributed by atoms with Gasteiger partial charge in [0.1, 0.15) is 0 Å². The van der Waals surface area contributed by atoms with Crippen molar-refractivity contribution in [1.82, 2.24) is 5.32 Å². The smallest absolute Gasteiger partial charge is 0.223 e. The van der Waals surface area contributed by atoms with E-state index in [0.717, 1.165) is 5.56 Å². The van der Waals surface area contributed by atoms with Crippen molar-refractivity contribution in [2.45, 2.75) is 19.9 Å². The van der Waals surface area contributed by atoms with Crippen molar-refractivity contribution in [2.24, 2.45) is 0 Å². The minimum Gasteiger partial charge on any atom is -0.352 e. The third-order valence-electron chi connectivity index (χ3n) is 3.52. The number of hydrogen-bond donors (Lipinski definition) is 1. The Balaban J connectivity index is 1.93. The summed E-state index contributed by atoms with van der Waals surface area (Å²) < 4.78 is 0. The highest BCUT2D eigenvalue weighted by Crippen LogP contribution is 2.25. The van der Waals surface area contributed by atoms with Crippen LogP contribution in [0.15, 0.2) is 48.5 Å². The number of benzene rings is 2. The number of carbonyl (C=O) groups excluding carboxylic acids is 2. The summed E-state index contributed by atoms with van der Waals surface area (Å²) in [7, 11) is 0. The molecule has 0 aromatic heterocycles. The van der Waals surface area contributed by atoms with Gasteiger partial charge >= 0.3 is 0 Å². The van der Waals surface area contributed by atoms with Gasteiger partial charge in [-0.2, -0.15) is 0 Å². The van der Waals surface area contributed by atoms with Crippen molar-refractivity contribution in [3.63, 3.8) is 0 Å². The van der Waals surface area contributed by atoms with E-state index in [1.54, 1.807) is 30.3 Å². The van der Waals surface area contributed by atoms with Crippen molar-refractivity contribution in [3.05, 3.63) is 64.1 Å². The average molecular weight is 365 g/mol. The van der Waals surface area contributed by atoms with E-state index in [9.17, 15) is 9.59 Å². The third kappa shape index (κ3) is 4.98. The van der Waals surface area contributed by atoms with E-state index in [2.05, 4.69) is 5.32 Å². The van der Waals surface area contributed by atoms with Gasteiger partial charge in [-0.25, -0.2) is 0 Å². The Bertz CT molecular complexity index is 734. The lowest BCUT2D eigenvalue weighted by Gasteiger charge is -2.22. The monoisotopic (exact) mass is 364 g/mol. The number of hydrogen-bond acceptors (Lipinski definition) is 2. The maximum Gasteiger partial charge on any atom is 0.223 e. The van der Waals surface area contributed by atoms with Gasteiger partial charge in [0.15, 0.2) is 0 Å². The number of para-hydroxylation sites is 1. The summed E-state index contributed by atoms with van der Waals surface area (Å²) in [5, 5.41) is 3.89. The highest BCUT2D eigenvalue weighted by Gasteiger charge is 2.15. The summed E-state index contributed by atoms with van der Waals surface area (Å²) in [6, 6.07) is 14.4. The second-order valence-electron chi connectivity index (χ2n) is 5.24. The van der Waals surface area contributed by atoms with Crippen LogP contribution in [-0.2, 0) is 16.1 Å². The molecular weight excluding hydrogens is 347 g/mol. The molecule has 0 atom stereocenters. The average Bonchev–Trinajstić information content (AvgIpc) is 2.55. The third-order valence-corrected chi connectivity index (χ3v) is 4.21. The summed E-state index contributed by atoms with van der Waals surface area (Å²) in [4.78, 5) is 25.4. The Morgan fingerprint density at radius 3 is 2.25 bits per heavy atom. The largest absolute Gasteiger partial charge is 0.352 e. The number of carbonyl (C=O) groups is 2. The molecule has 1 N–H and O–H groups in total. The van der Waals surface area contributed by atoms with Crippen LogP contribution in [0.2, 0.25) is 10.0 Å². The SMILES string of the molecule is CC(=O)N(CCC(=O)NCc1ccccc1Cl)c1ccccc1Cl. The first-order chi connectivity index (χ1) is 11.5. The van der Waals surface area contributed by atoms with Crippen molar-refractivity contribution < 1.29 is 9.59 Å². The lowest BCUT2D eigenvalue weighted by atomic mass is 10.2. The van der Waals surface area contributed by atoms with E-state index in [1.807, 2.05) is 18.2 Å². The number of nitrogens with one attached hydrogen (secondary N) is 1. The Kier molecular flexibility index (Phi) is 6.64. The fourth-order valence-electron chi connectivity index (χ4n) is 2.26. The van der Waals surface area contributed by atoms with E-state index in [0.29, 0.717) is 22.3 Å². The summed E-state index contributed by atoms with van der Waals surface area (Å²) in [5.74, 6) is -0.324. The van der Waals surface area contributed by atoms with Gasteiger partial charge < -0.3 is 10.2 Å². The van der Waals surface area contributed by atoms with Gasteiger partial charge in [0.25, 0.3) is 0 Å². The maximum atomic E-state index is 12.0. The zero-order valence-corrected chi connectivity index (χ0v) is 14.8. The predicted molar refractivity (Wildman–Crippen MR) is 97.4 cm³/mol. The summed E-state index contributed by atoms with van der Waals surface area (Å²) in [5.41, 5.74) is 1.45. The molecule has 126 valence electrons. The zero-order valence-electron chi connectivity index (χ0n) is 13.3. The Morgan fingerprint density at radius 2 is 1.62 bits per heavy atom. The van der Waals surface area contributed by atoms with E-state index < -0.39 is 0 Å². The molecule has 2 rings (SSSR count). The van der Waals surface area contributed by atoms with Crippen LogP contribution in [0.25, 0.3) is 0 Å². The lowest BCUT2D eigenvalue weighted by molar-refractivity contribution is -0.121. The first-order valence-electron chi connectivity index (χ1n) is 7.52. The molecule has 0 aliphatic heterocycles. The van der Waals surface area contributed by atoms with Crippen LogP contribution in [0.1, 0.15) is 18.9 Å². The molecular formula is C18H18Cl2N2O2. The number of rotatable bonds is 6. The van der Waals surface area contributed by atoms with E-state index >= 15 is 0 Å². The van der Waals surface area contributed by atoms with Gasteiger partial charge in [0.05, 0.1) is 10.7 Å². The summed E-state index contributed by atoms with van der Waals surface area (Å²) in [6.07, 6.45) is 0.176. The zero-order chi connectivity index (χ0) is 17.5. The number of nitrogens with zero attached hydrogens (tertiary/aromatic N) is 1. The van der Waals surface area contributed by atoms with E-state index in [4.69, 9.17) is 23.2 Å². The maximum absolute atomic E-state index is 12.0. The van der Waals surface area contributed by atoms with Gasteiger partial charge in [0, 0.05) is 31.5 Å². The molecule has 4 nitrogen and oxygen atoms in total. The van der Waals surface area contributed by atoms with Crippen molar-refractivity contribution in [2.75, 3.05) is 11.4 Å². The molecule has 0 spiro atoms. The van der Waals surface area contributed by atoms with Crippen molar-refractivity contribution in [1.29, 1.82) is 0 Å². The van der Waals surface area contributed by atoms with Gasteiger partial charge in [0.2, 0.25) is 11.8 Å². The second-order valence-corrected chi connectivity index (χ2v) is 6.05. The molecule has 0 radical (unpaired) electrons. The lowest BCUT2D eigenvalue weighted by Crippen LogP contribution is -2.33. The number of amides is 2. The van der Waals surface area contributed by atoms with E-state index in [1.165, 1.54) is 11.8 Å². The number of anilines is 1. The fourth-order valence-corrected chi connectivity index (χ4v) is 2.70. The molecule has 0 bridgehead atoms. The molecule has 24 heavy (non-hydrogen) atoms. The predicted octanol–water partition coefficient (Wildman–Crippen LogP) is 4.05. The topological polar surface area (TPSA) is 49.4 Å². The fraction of sp³-hybridized carbons (Fsp3) is 0.222. The van der Waals surface area contributed by atoms with Crippen molar-refractivity contribution >= 4 is 40.7 Å². The van der Waals surface area contributed by atoms with Crippen molar-refractivity contribution in [3.8, 4) is 0 Å². The summed E-state index contributed by atoms with van der Waals surface area (Å²) >= 11 is 12.2.